The fourth-order valence-corrected chi connectivity index (χ4v) is 5.19. The summed E-state index contributed by atoms with van der Waals surface area (Å²) in [6.45, 7) is 5.56. The van der Waals surface area contributed by atoms with E-state index in [1.54, 1.807) is 62.4 Å². The Kier molecular flexibility index (Phi) is 8.65. The molecule has 0 fully saturated rings. The van der Waals surface area contributed by atoms with Gasteiger partial charge in [-0.05, 0) is 50.6 Å². The van der Waals surface area contributed by atoms with Crippen molar-refractivity contribution in [3.8, 4) is 0 Å². The van der Waals surface area contributed by atoms with Crippen molar-refractivity contribution in [2.45, 2.75) is 38.3 Å². The van der Waals surface area contributed by atoms with Crippen LogP contribution in [0.3, 0.4) is 0 Å². The van der Waals surface area contributed by atoms with E-state index in [0.29, 0.717) is 12.2 Å². The molecule has 0 aliphatic rings. The minimum Gasteiger partial charge on any atom is -0.355 e. The van der Waals surface area contributed by atoms with Crippen molar-refractivity contribution in [1.29, 1.82) is 0 Å². The van der Waals surface area contributed by atoms with Crippen LogP contribution in [-0.4, -0.2) is 44.3 Å². The molecule has 1 atom stereocenters. The Bertz CT molecular complexity index is 1250. The Hall–Kier alpha value is -3.65. The molecule has 35 heavy (non-hydrogen) atoms. The molecule has 0 radical (unpaired) electrons. The predicted molar refractivity (Wildman–Crippen MR) is 137 cm³/mol. The van der Waals surface area contributed by atoms with Crippen LogP contribution in [0.1, 0.15) is 25.0 Å². The SMILES string of the molecule is CCNC(=O)[C@@H](C)N(Cc1cccc(C)c1)C(=O)CN(c1ccccc1)S(=O)(=O)c1ccccc1. The van der Waals surface area contributed by atoms with Gasteiger partial charge in [-0.3, -0.25) is 13.9 Å². The zero-order valence-electron chi connectivity index (χ0n) is 20.2. The van der Waals surface area contributed by atoms with Crippen molar-refractivity contribution in [2.75, 3.05) is 17.4 Å². The summed E-state index contributed by atoms with van der Waals surface area (Å²) in [6, 6.07) is 23.4. The van der Waals surface area contributed by atoms with Crippen molar-refractivity contribution >= 4 is 27.5 Å². The van der Waals surface area contributed by atoms with E-state index >= 15 is 0 Å². The maximum atomic E-state index is 13.7. The molecule has 0 spiro atoms. The van der Waals surface area contributed by atoms with E-state index in [0.717, 1.165) is 15.4 Å². The van der Waals surface area contributed by atoms with Crippen LogP contribution >= 0.6 is 0 Å². The molecule has 0 saturated heterocycles. The highest BCUT2D eigenvalue weighted by Crippen LogP contribution is 2.24. The fourth-order valence-electron chi connectivity index (χ4n) is 3.75. The van der Waals surface area contributed by atoms with Gasteiger partial charge in [-0.1, -0.05) is 66.2 Å². The lowest BCUT2D eigenvalue weighted by Gasteiger charge is -2.32. The second-order valence-electron chi connectivity index (χ2n) is 8.24. The van der Waals surface area contributed by atoms with Crippen molar-refractivity contribution in [3.05, 3.63) is 96.1 Å². The lowest BCUT2D eigenvalue weighted by molar-refractivity contribution is -0.139. The third-order valence-corrected chi connectivity index (χ3v) is 7.40. The van der Waals surface area contributed by atoms with Gasteiger partial charge in [-0.2, -0.15) is 0 Å². The Morgan fingerprint density at radius 2 is 1.54 bits per heavy atom. The molecule has 0 aromatic heterocycles. The lowest BCUT2D eigenvalue weighted by Crippen LogP contribution is -2.51. The molecule has 0 saturated carbocycles. The third kappa shape index (κ3) is 6.48. The van der Waals surface area contributed by atoms with Gasteiger partial charge in [0.05, 0.1) is 10.6 Å². The Labute approximate surface area is 207 Å². The summed E-state index contributed by atoms with van der Waals surface area (Å²) in [7, 11) is -4.03. The molecule has 8 heteroatoms. The molecule has 3 aromatic carbocycles. The quantitative estimate of drug-likeness (QED) is 0.466. The molecule has 3 rings (SSSR count). The first-order valence-corrected chi connectivity index (χ1v) is 12.9. The van der Waals surface area contributed by atoms with Gasteiger partial charge in [0.1, 0.15) is 12.6 Å². The Morgan fingerprint density at radius 1 is 0.914 bits per heavy atom. The molecule has 0 aliphatic heterocycles. The zero-order valence-corrected chi connectivity index (χ0v) is 21.0. The van der Waals surface area contributed by atoms with E-state index in [-0.39, 0.29) is 17.3 Å². The topological polar surface area (TPSA) is 86.8 Å². The standard InChI is InChI=1S/C27H31N3O4S/c1-4-28-27(32)22(3)29(19-23-13-11-12-21(2)18-23)26(31)20-30(24-14-7-5-8-15-24)35(33,34)25-16-9-6-10-17-25/h5-18,22H,4,19-20H2,1-3H3,(H,28,32)/t22-/m1/s1. The monoisotopic (exact) mass is 493 g/mol. The van der Waals surface area contributed by atoms with Crippen LogP contribution in [0.5, 0.6) is 0 Å². The summed E-state index contributed by atoms with van der Waals surface area (Å²) in [6.07, 6.45) is 0. The van der Waals surface area contributed by atoms with Gasteiger partial charge in [0.25, 0.3) is 10.0 Å². The van der Waals surface area contributed by atoms with Crippen LogP contribution in [0, 0.1) is 6.92 Å². The van der Waals surface area contributed by atoms with Crippen molar-refractivity contribution < 1.29 is 18.0 Å². The molecule has 0 aliphatic carbocycles. The number of rotatable bonds is 10. The highest BCUT2D eigenvalue weighted by Gasteiger charge is 2.32. The first kappa shape index (κ1) is 26.0. The molecule has 0 unspecified atom stereocenters. The number of carbonyl (C=O) groups is 2. The highest BCUT2D eigenvalue weighted by atomic mass is 32.2. The van der Waals surface area contributed by atoms with Crippen LogP contribution in [0.4, 0.5) is 5.69 Å². The summed E-state index contributed by atoms with van der Waals surface area (Å²) in [5, 5.41) is 2.75. The summed E-state index contributed by atoms with van der Waals surface area (Å²) in [4.78, 5) is 27.9. The van der Waals surface area contributed by atoms with Gasteiger partial charge in [-0.15, -0.1) is 0 Å². The molecule has 7 nitrogen and oxygen atoms in total. The number of anilines is 1. The number of para-hydroxylation sites is 1. The summed E-state index contributed by atoms with van der Waals surface area (Å²) in [5.74, 6) is -0.778. The number of nitrogens with zero attached hydrogens (tertiary/aromatic N) is 2. The molecule has 0 heterocycles. The molecular formula is C27H31N3O4S. The molecule has 3 aromatic rings. The van der Waals surface area contributed by atoms with E-state index in [4.69, 9.17) is 0 Å². The number of aryl methyl sites for hydroxylation is 1. The Balaban J connectivity index is 1.99. The van der Waals surface area contributed by atoms with Gasteiger partial charge in [0.2, 0.25) is 11.8 Å². The number of sulfonamides is 1. The average molecular weight is 494 g/mol. The first-order chi connectivity index (χ1) is 16.7. The molecule has 2 amide bonds. The number of benzene rings is 3. The van der Waals surface area contributed by atoms with Gasteiger partial charge >= 0.3 is 0 Å². The number of nitrogens with one attached hydrogen (secondary N) is 1. The second kappa shape index (κ2) is 11.7. The normalized spacial score (nSPS) is 12.0. The van der Waals surface area contributed by atoms with Crippen LogP contribution < -0.4 is 9.62 Å². The summed E-state index contributed by atoms with van der Waals surface area (Å²) < 4.78 is 28.2. The number of likely N-dealkylation sites (N-methyl/N-ethyl adjacent to an activating group) is 1. The van der Waals surface area contributed by atoms with Crippen molar-refractivity contribution in [2.24, 2.45) is 0 Å². The number of hydrogen-bond acceptors (Lipinski definition) is 4. The van der Waals surface area contributed by atoms with E-state index < -0.39 is 28.5 Å². The van der Waals surface area contributed by atoms with Gasteiger partial charge in [0.15, 0.2) is 0 Å². The smallest absolute Gasteiger partial charge is 0.264 e. The molecular weight excluding hydrogens is 462 g/mol. The van der Waals surface area contributed by atoms with Crippen LogP contribution in [0.15, 0.2) is 89.8 Å². The van der Waals surface area contributed by atoms with E-state index in [2.05, 4.69) is 5.32 Å². The number of carbonyl (C=O) groups excluding carboxylic acids is 2. The van der Waals surface area contributed by atoms with E-state index in [9.17, 15) is 18.0 Å². The fraction of sp³-hybridized carbons (Fsp3) is 0.259. The molecule has 1 N–H and O–H groups in total. The van der Waals surface area contributed by atoms with Crippen LogP contribution in [0.2, 0.25) is 0 Å². The minimum absolute atomic E-state index is 0.0821. The number of hydrogen-bond donors (Lipinski definition) is 1. The number of amides is 2. The molecule has 0 bridgehead atoms. The summed E-state index contributed by atoms with van der Waals surface area (Å²) in [5.41, 5.74) is 2.25. The van der Waals surface area contributed by atoms with Gasteiger partial charge in [0, 0.05) is 13.1 Å². The largest absolute Gasteiger partial charge is 0.355 e. The van der Waals surface area contributed by atoms with Gasteiger partial charge < -0.3 is 10.2 Å². The van der Waals surface area contributed by atoms with Crippen molar-refractivity contribution in [3.63, 3.8) is 0 Å². The van der Waals surface area contributed by atoms with Crippen molar-refractivity contribution in [1.82, 2.24) is 10.2 Å². The highest BCUT2D eigenvalue weighted by molar-refractivity contribution is 7.92. The van der Waals surface area contributed by atoms with Gasteiger partial charge in [-0.25, -0.2) is 8.42 Å². The average Bonchev–Trinajstić information content (AvgIpc) is 2.86. The first-order valence-electron chi connectivity index (χ1n) is 11.5. The Morgan fingerprint density at radius 3 is 2.14 bits per heavy atom. The second-order valence-corrected chi connectivity index (χ2v) is 10.1. The lowest BCUT2D eigenvalue weighted by atomic mass is 10.1. The van der Waals surface area contributed by atoms with E-state index in [1.807, 2.05) is 31.2 Å². The van der Waals surface area contributed by atoms with Crippen LogP contribution in [0.25, 0.3) is 0 Å². The summed E-state index contributed by atoms with van der Waals surface area (Å²) >= 11 is 0. The van der Waals surface area contributed by atoms with E-state index in [1.165, 1.54) is 17.0 Å². The molecule has 184 valence electrons. The minimum atomic E-state index is -4.03. The maximum Gasteiger partial charge on any atom is 0.264 e. The maximum absolute atomic E-state index is 13.7. The zero-order chi connectivity index (χ0) is 25.4. The third-order valence-electron chi connectivity index (χ3n) is 5.61. The van der Waals surface area contributed by atoms with Crippen LogP contribution in [-0.2, 0) is 26.2 Å². The predicted octanol–water partition coefficient (Wildman–Crippen LogP) is 3.74.